The van der Waals surface area contributed by atoms with E-state index in [0.29, 0.717) is 5.92 Å². The van der Waals surface area contributed by atoms with Crippen LogP contribution < -0.4 is 4.74 Å². The number of ether oxygens (including phenoxy) is 2. The molecule has 0 radical (unpaired) electrons. The second-order valence-electron chi connectivity index (χ2n) is 6.39. The second-order valence-corrected chi connectivity index (χ2v) is 7.58. The lowest BCUT2D eigenvalue weighted by atomic mass is 9.74. The molecule has 1 aliphatic rings. The minimum absolute atomic E-state index is 0.0483. The average molecular weight is 438 g/mol. The third kappa shape index (κ3) is 5.27. The summed E-state index contributed by atoms with van der Waals surface area (Å²) in [4.78, 5) is 34.8. The van der Waals surface area contributed by atoms with Crippen molar-refractivity contribution in [2.24, 2.45) is 11.8 Å². The number of carbonyl (C=O) groups is 3. The molecule has 0 bridgehead atoms. The van der Waals surface area contributed by atoms with Crippen molar-refractivity contribution >= 4 is 52.7 Å². The first-order chi connectivity index (χ1) is 12.8. The SMILES string of the molecule is CCCC(COC(=O)c1c(Cl)c(Cl)cc(Cl)c1OC(=O)C(=O)O)C1CCC1. The molecule has 1 unspecified atom stereocenters. The standard InChI is InChI=1S/C18H19Cl3O6/c1-2-4-10(9-5-3-6-9)8-26-17(24)13-14(21)11(19)7-12(20)15(13)27-18(25)16(22)23/h7,9-10H,2-6,8H2,1H3,(H,22,23). The van der Waals surface area contributed by atoms with Gasteiger partial charge in [0.05, 0.1) is 21.7 Å². The van der Waals surface area contributed by atoms with E-state index in [1.54, 1.807) is 0 Å². The summed E-state index contributed by atoms with van der Waals surface area (Å²) in [7, 11) is 0. The minimum Gasteiger partial charge on any atom is -0.473 e. The Balaban J connectivity index is 2.24. The van der Waals surface area contributed by atoms with Gasteiger partial charge in [-0.25, -0.2) is 14.4 Å². The molecule has 0 heterocycles. The van der Waals surface area contributed by atoms with Crippen molar-refractivity contribution in [1.29, 1.82) is 0 Å². The molecule has 1 N–H and O–H groups in total. The Bertz CT molecular complexity index is 745. The van der Waals surface area contributed by atoms with Crippen LogP contribution in [0.4, 0.5) is 0 Å². The van der Waals surface area contributed by atoms with Gasteiger partial charge in [0.1, 0.15) is 5.56 Å². The van der Waals surface area contributed by atoms with Crippen LogP contribution in [0, 0.1) is 11.8 Å². The first-order valence-electron chi connectivity index (χ1n) is 8.55. The molecule has 0 aliphatic heterocycles. The van der Waals surface area contributed by atoms with Crippen LogP contribution in [0.15, 0.2) is 6.07 Å². The third-order valence-corrected chi connectivity index (χ3v) is 5.67. The Kier molecular flexibility index (Phi) is 7.77. The van der Waals surface area contributed by atoms with Crippen LogP contribution in [0.3, 0.4) is 0 Å². The monoisotopic (exact) mass is 436 g/mol. The zero-order chi connectivity index (χ0) is 20.1. The van der Waals surface area contributed by atoms with Crippen LogP contribution >= 0.6 is 34.8 Å². The lowest BCUT2D eigenvalue weighted by Crippen LogP contribution is -2.27. The topological polar surface area (TPSA) is 89.9 Å². The van der Waals surface area contributed by atoms with Gasteiger partial charge in [-0.2, -0.15) is 0 Å². The van der Waals surface area contributed by atoms with Crippen LogP contribution in [0.25, 0.3) is 0 Å². The van der Waals surface area contributed by atoms with Gasteiger partial charge in [-0.15, -0.1) is 0 Å². The summed E-state index contributed by atoms with van der Waals surface area (Å²) in [6.45, 7) is 2.24. The maximum Gasteiger partial charge on any atom is 0.422 e. The van der Waals surface area contributed by atoms with Crippen molar-refractivity contribution in [2.45, 2.75) is 39.0 Å². The number of carboxylic acids is 1. The predicted octanol–water partition coefficient (Wildman–Crippen LogP) is 5.01. The number of carbonyl (C=O) groups excluding carboxylic acids is 2. The number of hydrogen-bond acceptors (Lipinski definition) is 5. The van der Waals surface area contributed by atoms with Crippen molar-refractivity contribution in [1.82, 2.24) is 0 Å². The molecule has 1 fully saturated rings. The molecule has 148 valence electrons. The normalized spacial score (nSPS) is 15.0. The highest BCUT2D eigenvalue weighted by Gasteiger charge is 2.31. The molecule has 0 spiro atoms. The Morgan fingerprint density at radius 1 is 1.22 bits per heavy atom. The molecule has 1 saturated carbocycles. The fourth-order valence-corrected chi connectivity index (χ4v) is 3.71. The molecule has 27 heavy (non-hydrogen) atoms. The van der Waals surface area contributed by atoms with Crippen molar-refractivity contribution in [2.75, 3.05) is 6.61 Å². The number of hydrogen-bond donors (Lipinski definition) is 1. The van der Waals surface area contributed by atoms with Gasteiger partial charge in [-0.3, -0.25) is 0 Å². The molecule has 1 atom stereocenters. The molecule has 0 amide bonds. The lowest BCUT2D eigenvalue weighted by Gasteiger charge is -2.33. The van der Waals surface area contributed by atoms with Gasteiger partial charge in [0.25, 0.3) is 0 Å². The van der Waals surface area contributed by atoms with Gasteiger partial charge < -0.3 is 14.6 Å². The van der Waals surface area contributed by atoms with Gasteiger partial charge in [0, 0.05) is 0 Å². The quantitative estimate of drug-likeness (QED) is 0.279. The number of carboxylic acid groups (broad SMARTS) is 1. The maximum atomic E-state index is 12.6. The fourth-order valence-electron chi connectivity index (χ4n) is 2.99. The average Bonchev–Trinajstić information content (AvgIpc) is 2.55. The molecule has 6 nitrogen and oxygen atoms in total. The van der Waals surface area contributed by atoms with E-state index >= 15 is 0 Å². The van der Waals surface area contributed by atoms with Gasteiger partial charge >= 0.3 is 17.9 Å². The highest BCUT2D eigenvalue weighted by atomic mass is 35.5. The van der Waals surface area contributed by atoms with E-state index in [9.17, 15) is 14.4 Å². The minimum atomic E-state index is -1.84. The van der Waals surface area contributed by atoms with Crippen LogP contribution in [0.1, 0.15) is 49.4 Å². The van der Waals surface area contributed by atoms with E-state index in [4.69, 9.17) is 49.4 Å². The molecule has 0 aromatic heterocycles. The summed E-state index contributed by atoms with van der Waals surface area (Å²) in [5.41, 5.74) is -0.368. The first kappa shape index (κ1) is 21.8. The van der Waals surface area contributed by atoms with Crippen molar-refractivity contribution in [3.05, 3.63) is 26.7 Å². The van der Waals surface area contributed by atoms with Gasteiger partial charge in [0.15, 0.2) is 5.75 Å². The predicted molar refractivity (Wildman–Crippen MR) is 101 cm³/mol. The smallest absolute Gasteiger partial charge is 0.422 e. The van der Waals surface area contributed by atoms with Crippen molar-refractivity contribution in [3.63, 3.8) is 0 Å². The molecule has 0 saturated heterocycles. The molecule has 2 rings (SSSR count). The summed E-state index contributed by atoms with van der Waals surface area (Å²) >= 11 is 18.0. The van der Waals surface area contributed by atoms with Gasteiger partial charge in [-0.05, 0) is 24.3 Å². The largest absolute Gasteiger partial charge is 0.473 e. The Morgan fingerprint density at radius 3 is 2.41 bits per heavy atom. The highest BCUT2D eigenvalue weighted by molar-refractivity contribution is 6.46. The van der Waals surface area contributed by atoms with E-state index in [-0.39, 0.29) is 33.2 Å². The zero-order valence-corrected chi connectivity index (χ0v) is 16.9. The van der Waals surface area contributed by atoms with Crippen LogP contribution in [-0.4, -0.2) is 29.6 Å². The van der Waals surface area contributed by atoms with E-state index in [1.165, 1.54) is 6.42 Å². The summed E-state index contributed by atoms with van der Waals surface area (Å²) in [6, 6.07) is 1.15. The van der Waals surface area contributed by atoms with Crippen LogP contribution in [0.5, 0.6) is 5.75 Å². The summed E-state index contributed by atoms with van der Waals surface area (Å²) in [5, 5.41) is 8.22. The Morgan fingerprint density at radius 2 is 1.89 bits per heavy atom. The fraction of sp³-hybridized carbons (Fsp3) is 0.500. The second kappa shape index (κ2) is 9.62. The Labute approximate surface area is 171 Å². The first-order valence-corrected chi connectivity index (χ1v) is 9.69. The number of esters is 2. The number of benzene rings is 1. The Hall–Kier alpha value is -1.50. The van der Waals surface area contributed by atoms with E-state index in [2.05, 4.69) is 6.92 Å². The van der Waals surface area contributed by atoms with Crippen LogP contribution in [-0.2, 0) is 14.3 Å². The van der Waals surface area contributed by atoms with Gasteiger partial charge in [-0.1, -0.05) is 67.4 Å². The number of aliphatic carboxylic acids is 1. The molecule has 9 heteroatoms. The summed E-state index contributed by atoms with van der Waals surface area (Å²) in [5.74, 6) is -4.07. The van der Waals surface area contributed by atoms with Crippen LogP contribution in [0.2, 0.25) is 15.1 Å². The van der Waals surface area contributed by atoms with Crippen molar-refractivity contribution < 1.29 is 29.0 Å². The summed E-state index contributed by atoms with van der Waals surface area (Å²) in [6.07, 6.45) is 5.26. The van der Waals surface area contributed by atoms with Crippen molar-refractivity contribution in [3.8, 4) is 5.75 Å². The third-order valence-electron chi connectivity index (χ3n) is 4.60. The number of halogens is 3. The zero-order valence-electron chi connectivity index (χ0n) is 14.6. The highest BCUT2D eigenvalue weighted by Crippen LogP contribution is 2.40. The maximum absolute atomic E-state index is 12.6. The van der Waals surface area contributed by atoms with Gasteiger partial charge in [0.2, 0.25) is 0 Å². The lowest BCUT2D eigenvalue weighted by molar-refractivity contribution is -0.158. The molecular weight excluding hydrogens is 419 g/mol. The van der Waals surface area contributed by atoms with E-state index in [0.717, 1.165) is 31.7 Å². The molecule has 1 aromatic rings. The molecular formula is C18H19Cl3O6. The molecule has 1 aromatic carbocycles. The van der Waals surface area contributed by atoms with E-state index < -0.39 is 23.7 Å². The summed E-state index contributed by atoms with van der Waals surface area (Å²) < 4.78 is 10.1. The van der Waals surface area contributed by atoms with E-state index in [1.807, 2.05) is 0 Å². The number of rotatable bonds is 7. The molecule has 1 aliphatic carbocycles.